The number of amides is 2. The van der Waals surface area contributed by atoms with Crippen molar-refractivity contribution in [2.45, 2.75) is 25.6 Å². The summed E-state index contributed by atoms with van der Waals surface area (Å²) in [6, 6.07) is 19.1. The summed E-state index contributed by atoms with van der Waals surface area (Å²) >= 11 is 6.10. The molecule has 2 aromatic carbocycles. The molecule has 160 valence electrons. The van der Waals surface area contributed by atoms with Crippen molar-refractivity contribution in [1.29, 1.82) is 0 Å². The molecule has 1 aliphatic heterocycles. The Kier molecular flexibility index (Phi) is 6.70. The van der Waals surface area contributed by atoms with Gasteiger partial charge in [-0.2, -0.15) is 0 Å². The highest BCUT2D eigenvalue weighted by Crippen LogP contribution is 2.27. The van der Waals surface area contributed by atoms with E-state index in [1.807, 2.05) is 36.4 Å². The Hall–Kier alpha value is -3.09. The van der Waals surface area contributed by atoms with Crippen molar-refractivity contribution in [3.05, 3.63) is 94.4 Å². The molecule has 4 rings (SSSR count). The number of fused-ring (bicyclic) bond motifs is 1. The van der Waals surface area contributed by atoms with Gasteiger partial charge in [-0.1, -0.05) is 54.1 Å². The van der Waals surface area contributed by atoms with Gasteiger partial charge in [-0.05, 0) is 41.3 Å². The second kappa shape index (κ2) is 9.81. The average Bonchev–Trinajstić information content (AvgIpc) is 3.33. The van der Waals surface area contributed by atoms with Gasteiger partial charge in [0.15, 0.2) is 0 Å². The lowest BCUT2D eigenvalue weighted by Gasteiger charge is -2.34. The lowest BCUT2D eigenvalue weighted by molar-refractivity contribution is -0.139. The van der Waals surface area contributed by atoms with Gasteiger partial charge in [0, 0.05) is 31.2 Å². The molecule has 0 saturated carbocycles. The van der Waals surface area contributed by atoms with Crippen LogP contribution in [0.15, 0.2) is 71.3 Å². The normalized spacial score (nSPS) is 14.5. The maximum atomic E-state index is 12.4. The molecule has 2 heterocycles. The molecule has 31 heavy (non-hydrogen) atoms. The first-order valence-corrected chi connectivity index (χ1v) is 10.6. The Balaban J connectivity index is 1.37. The lowest BCUT2D eigenvalue weighted by Crippen LogP contribution is -2.45. The van der Waals surface area contributed by atoms with E-state index >= 15 is 0 Å². The van der Waals surface area contributed by atoms with E-state index in [0.29, 0.717) is 5.02 Å². The molecule has 0 unspecified atom stereocenters. The van der Waals surface area contributed by atoms with Crippen LogP contribution in [0.5, 0.6) is 0 Å². The number of hydrogen-bond acceptors (Lipinski definition) is 4. The van der Waals surface area contributed by atoms with Gasteiger partial charge >= 0.3 is 11.8 Å². The van der Waals surface area contributed by atoms with Crippen molar-refractivity contribution >= 4 is 23.4 Å². The van der Waals surface area contributed by atoms with Crippen molar-refractivity contribution in [2.24, 2.45) is 0 Å². The third-order valence-corrected chi connectivity index (χ3v) is 5.90. The van der Waals surface area contributed by atoms with Crippen molar-refractivity contribution in [1.82, 2.24) is 15.5 Å². The predicted octanol–water partition coefficient (Wildman–Crippen LogP) is 3.47. The first-order valence-electron chi connectivity index (χ1n) is 10.3. The zero-order chi connectivity index (χ0) is 21.6. The first kappa shape index (κ1) is 21.2. The Morgan fingerprint density at radius 2 is 1.71 bits per heavy atom. The number of carbonyl (C=O) groups is 2. The Bertz CT molecular complexity index is 1050. The molecule has 6 nitrogen and oxygen atoms in total. The molecular formula is C24H24ClN3O3. The fourth-order valence-corrected chi connectivity index (χ4v) is 4.04. The number of halogens is 1. The second-order valence-corrected chi connectivity index (χ2v) is 7.91. The van der Waals surface area contributed by atoms with E-state index < -0.39 is 11.8 Å². The fraction of sp³-hybridized carbons (Fsp3) is 0.250. The van der Waals surface area contributed by atoms with Crippen molar-refractivity contribution < 1.29 is 14.0 Å². The van der Waals surface area contributed by atoms with Crippen LogP contribution in [-0.4, -0.2) is 29.8 Å². The molecule has 0 spiro atoms. The number of benzene rings is 2. The van der Waals surface area contributed by atoms with E-state index in [4.69, 9.17) is 16.0 Å². The summed E-state index contributed by atoms with van der Waals surface area (Å²) in [5, 5.41) is 5.92. The van der Waals surface area contributed by atoms with Crippen LogP contribution in [0.3, 0.4) is 0 Å². The smallest absolute Gasteiger partial charge is 0.309 e. The van der Waals surface area contributed by atoms with E-state index in [2.05, 4.69) is 33.7 Å². The maximum absolute atomic E-state index is 12.4. The van der Waals surface area contributed by atoms with Crippen LogP contribution in [0.2, 0.25) is 5.02 Å². The van der Waals surface area contributed by atoms with E-state index in [9.17, 15) is 9.59 Å². The zero-order valence-electron chi connectivity index (χ0n) is 17.0. The Morgan fingerprint density at radius 1 is 0.968 bits per heavy atom. The summed E-state index contributed by atoms with van der Waals surface area (Å²) in [6.45, 7) is 2.07. The number of nitrogens with zero attached hydrogens (tertiary/aromatic N) is 1. The molecule has 2 N–H and O–H groups in total. The van der Waals surface area contributed by atoms with Gasteiger partial charge in [-0.15, -0.1) is 0 Å². The molecule has 1 atom stereocenters. The topological polar surface area (TPSA) is 74.6 Å². The SMILES string of the molecule is O=C(NCc1ccccc1Cl)C(=O)NC[C@@H](c1ccco1)N1CCc2ccccc2C1. The van der Waals surface area contributed by atoms with Crippen LogP contribution in [0, 0.1) is 0 Å². The minimum atomic E-state index is -0.692. The van der Waals surface area contributed by atoms with Crippen molar-refractivity contribution in [2.75, 3.05) is 13.1 Å². The summed E-state index contributed by atoms with van der Waals surface area (Å²) in [4.78, 5) is 26.9. The van der Waals surface area contributed by atoms with E-state index in [1.54, 1.807) is 12.3 Å². The van der Waals surface area contributed by atoms with E-state index in [-0.39, 0.29) is 19.1 Å². The quantitative estimate of drug-likeness (QED) is 0.579. The van der Waals surface area contributed by atoms with Gasteiger partial charge in [-0.3, -0.25) is 14.5 Å². The summed E-state index contributed by atoms with van der Waals surface area (Å²) < 4.78 is 5.64. The maximum Gasteiger partial charge on any atom is 0.309 e. The average molecular weight is 438 g/mol. The molecule has 1 aliphatic rings. The van der Waals surface area contributed by atoms with Crippen LogP contribution in [0.1, 0.15) is 28.5 Å². The van der Waals surface area contributed by atoms with Gasteiger partial charge < -0.3 is 15.1 Å². The second-order valence-electron chi connectivity index (χ2n) is 7.50. The Labute approximate surface area is 186 Å². The van der Waals surface area contributed by atoms with Gasteiger partial charge in [0.1, 0.15) is 5.76 Å². The summed E-state index contributed by atoms with van der Waals surface area (Å²) in [5.74, 6) is -0.612. The van der Waals surface area contributed by atoms with Crippen LogP contribution < -0.4 is 10.6 Å². The molecule has 3 aromatic rings. The van der Waals surface area contributed by atoms with Gasteiger partial charge in [0.05, 0.1) is 12.3 Å². The monoisotopic (exact) mass is 437 g/mol. The third kappa shape index (κ3) is 5.16. The lowest BCUT2D eigenvalue weighted by atomic mass is 9.98. The summed E-state index contributed by atoms with van der Waals surface area (Å²) in [5.41, 5.74) is 3.37. The molecule has 2 amide bonds. The standard InChI is InChI=1S/C24H24ClN3O3/c25-20-9-4-3-7-18(20)14-26-23(29)24(30)27-15-21(22-10-5-13-31-22)28-12-11-17-6-1-2-8-19(17)16-28/h1-10,13,21H,11-12,14-16H2,(H,26,29)(H,27,30)/t21-/m0/s1. The van der Waals surface area contributed by atoms with Crippen molar-refractivity contribution in [3.63, 3.8) is 0 Å². The fourth-order valence-electron chi connectivity index (χ4n) is 3.84. The minimum absolute atomic E-state index is 0.163. The van der Waals surface area contributed by atoms with E-state index in [0.717, 1.165) is 30.8 Å². The number of hydrogen-bond donors (Lipinski definition) is 2. The predicted molar refractivity (Wildman–Crippen MR) is 118 cm³/mol. The molecule has 0 fully saturated rings. The molecule has 0 radical (unpaired) electrons. The minimum Gasteiger partial charge on any atom is -0.468 e. The zero-order valence-corrected chi connectivity index (χ0v) is 17.8. The van der Waals surface area contributed by atoms with Crippen LogP contribution in [0.4, 0.5) is 0 Å². The highest BCUT2D eigenvalue weighted by atomic mass is 35.5. The number of furan rings is 1. The molecule has 1 aromatic heterocycles. The number of rotatable bonds is 6. The van der Waals surface area contributed by atoms with Gasteiger partial charge in [-0.25, -0.2) is 0 Å². The highest BCUT2D eigenvalue weighted by Gasteiger charge is 2.27. The molecule has 0 bridgehead atoms. The molecule has 7 heteroatoms. The molecule has 0 saturated heterocycles. The number of carbonyl (C=O) groups excluding carboxylic acids is 2. The molecule has 0 aliphatic carbocycles. The van der Waals surface area contributed by atoms with Crippen molar-refractivity contribution in [3.8, 4) is 0 Å². The highest BCUT2D eigenvalue weighted by molar-refractivity contribution is 6.35. The number of nitrogens with one attached hydrogen (secondary N) is 2. The first-order chi connectivity index (χ1) is 15.1. The summed E-state index contributed by atoms with van der Waals surface area (Å²) in [7, 11) is 0. The largest absolute Gasteiger partial charge is 0.468 e. The summed E-state index contributed by atoms with van der Waals surface area (Å²) in [6.07, 6.45) is 2.55. The van der Waals surface area contributed by atoms with Crippen LogP contribution >= 0.6 is 11.6 Å². The van der Waals surface area contributed by atoms with Crippen LogP contribution in [0.25, 0.3) is 0 Å². The van der Waals surface area contributed by atoms with Crippen LogP contribution in [-0.2, 0) is 29.1 Å². The van der Waals surface area contributed by atoms with E-state index in [1.165, 1.54) is 11.1 Å². The van der Waals surface area contributed by atoms with Gasteiger partial charge in [0.2, 0.25) is 0 Å². The third-order valence-electron chi connectivity index (χ3n) is 5.53. The Morgan fingerprint density at radius 3 is 2.48 bits per heavy atom. The molecular weight excluding hydrogens is 414 g/mol. The van der Waals surface area contributed by atoms with Gasteiger partial charge in [0.25, 0.3) is 0 Å².